The van der Waals surface area contributed by atoms with Crippen molar-refractivity contribution in [2.24, 2.45) is 0 Å². The number of benzene rings is 1. The Morgan fingerprint density at radius 2 is 2.05 bits per heavy atom. The van der Waals surface area contributed by atoms with Crippen LogP contribution in [0.15, 0.2) is 30.3 Å². The molecule has 22 heavy (non-hydrogen) atoms. The molecule has 1 rings (SSSR count). The first-order valence-electron chi connectivity index (χ1n) is 7.76. The van der Waals surface area contributed by atoms with Gasteiger partial charge in [0.1, 0.15) is 0 Å². The predicted molar refractivity (Wildman–Crippen MR) is 86.7 cm³/mol. The number of halogens is 1. The van der Waals surface area contributed by atoms with Gasteiger partial charge in [-0.3, -0.25) is 0 Å². The van der Waals surface area contributed by atoms with Crippen molar-refractivity contribution in [1.82, 2.24) is 0 Å². The fourth-order valence-electron chi connectivity index (χ4n) is 2.02. The number of carbonyl (C=O) groups excluding carboxylic acids is 1. The Labute approximate surface area is 138 Å². The van der Waals surface area contributed by atoms with Crippen LogP contribution in [-0.2, 0) is 16.0 Å². The van der Waals surface area contributed by atoms with E-state index in [4.69, 9.17) is 4.74 Å². The monoisotopic (exact) mass is 376 g/mol. The van der Waals surface area contributed by atoms with Crippen LogP contribution in [0.1, 0.15) is 38.7 Å². The van der Waals surface area contributed by atoms with Crippen LogP contribution in [0.25, 0.3) is 0 Å². The van der Waals surface area contributed by atoms with Gasteiger partial charge in [-0.15, -0.1) is 0 Å². The number of aryl methyl sites for hydroxylation is 1. The number of esters is 1. The Hall–Kier alpha value is -0.901. The average Bonchev–Trinajstić information content (AvgIpc) is 2.53. The molecule has 1 aromatic carbocycles. The van der Waals surface area contributed by atoms with E-state index in [1.165, 1.54) is 0 Å². The van der Waals surface area contributed by atoms with Gasteiger partial charge in [-0.1, -0.05) is 0 Å². The predicted octanol–water partition coefficient (Wildman–Crippen LogP) is 3.13. The van der Waals surface area contributed by atoms with Gasteiger partial charge in [0.25, 0.3) is 0 Å². The molecule has 0 saturated carbocycles. The maximum absolute atomic E-state index is 15.1. The Morgan fingerprint density at radius 1 is 1.36 bits per heavy atom. The van der Waals surface area contributed by atoms with E-state index in [-0.39, 0.29) is 13.0 Å². The van der Waals surface area contributed by atoms with Gasteiger partial charge in [0.2, 0.25) is 0 Å². The number of unbranched alkanes of at least 4 members (excludes halogenated alkanes) is 1. The van der Waals surface area contributed by atoms with E-state index in [9.17, 15) is 9.90 Å². The number of ether oxygens (including phenoxy) is 1. The summed E-state index contributed by atoms with van der Waals surface area (Å²) in [5.41, 5.74) is 1.02. The summed E-state index contributed by atoms with van der Waals surface area (Å²) in [5.74, 6) is -0.910. The van der Waals surface area contributed by atoms with Crippen LogP contribution in [0.4, 0.5) is 4.39 Å². The van der Waals surface area contributed by atoms with E-state index in [1.807, 2.05) is 37.3 Å². The van der Waals surface area contributed by atoms with Crippen LogP contribution < -0.4 is 0 Å². The van der Waals surface area contributed by atoms with Crippen LogP contribution >= 0.6 is 0 Å². The van der Waals surface area contributed by atoms with Crippen LogP contribution in [0, 0.1) is 0 Å². The zero-order valence-corrected chi connectivity index (χ0v) is 15.0. The van der Waals surface area contributed by atoms with E-state index in [2.05, 4.69) is 0 Å². The second-order valence-corrected chi connectivity index (χ2v) is 7.82. The summed E-state index contributed by atoms with van der Waals surface area (Å²) in [7, 11) is 0. The number of aliphatic hydroxyl groups is 1. The van der Waals surface area contributed by atoms with Crippen LogP contribution in [0.2, 0.25) is 5.32 Å². The molecule has 0 aromatic heterocycles. The fraction of sp³-hybridized carbons (Fsp3) is 0.588. The number of alkyl halides is 1. The molecular weight excluding hydrogens is 350 g/mol. The molecule has 3 nitrogen and oxygen atoms in total. The van der Waals surface area contributed by atoms with Gasteiger partial charge in [0.15, 0.2) is 0 Å². The topological polar surface area (TPSA) is 46.5 Å². The van der Waals surface area contributed by atoms with Crippen LogP contribution in [-0.4, -0.2) is 43.3 Å². The third-order valence-electron chi connectivity index (χ3n) is 3.34. The molecule has 1 aromatic rings. The first kappa shape index (κ1) is 19.1. The van der Waals surface area contributed by atoms with Gasteiger partial charge >= 0.3 is 138 Å². The van der Waals surface area contributed by atoms with Crippen molar-refractivity contribution in [2.45, 2.75) is 55.5 Å². The standard InChI is InChI=1S/C17H25FO3Se/c1-3-5-13-22-17(18,16(20)21-4-2)15(19)12-11-14-9-7-6-8-10-14/h6-10,15,19H,3-5,11-13H2,1-2H3/t15-,17-/m1/s1. The summed E-state index contributed by atoms with van der Waals surface area (Å²) < 4.78 is 17.7. The Kier molecular flexibility index (Phi) is 8.69. The van der Waals surface area contributed by atoms with E-state index in [0.29, 0.717) is 11.7 Å². The molecule has 0 unspecified atom stereocenters. The summed E-state index contributed by atoms with van der Waals surface area (Å²) in [5, 5.41) is 10.9. The zero-order valence-electron chi connectivity index (χ0n) is 13.3. The molecule has 124 valence electrons. The summed E-state index contributed by atoms with van der Waals surface area (Å²) in [6, 6.07) is 9.58. The number of hydrogen-bond acceptors (Lipinski definition) is 3. The SMILES string of the molecule is CCCC[Se][C@@](F)(C(=O)OCC)[C@H](O)CCc1ccccc1. The molecule has 0 saturated heterocycles. The Morgan fingerprint density at radius 3 is 2.64 bits per heavy atom. The number of hydrogen-bond donors (Lipinski definition) is 1. The number of rotatable bonds is 10. The zero-order chi connectivity index (χ0) is 16.4. The minimum absolute atomic E-state index is 0.125. The first-order chi connectivity index (χ1) is 10.5. The Bertz CT molecular complexity index is 441. The summed E-state index contributed by atoms with van der Waals surface area (Å²) in [6.07, 6.45) is 1.24. The molecule has 0 bridgehead atoms. The second kappa shape index (κ2) is 9.98. The van der Waals surface area contributed by atoms with Crippen molar-refractivity contribution >= 4 is 20.9 Å². The molecule has 2 atom stereocenters. The molecular formula is C17H25FO3Se. The van der Waals surface area contributed by atoms with Crippen molar-refractivity contribution in [3.05, 3.63) is 35.9 Å². The fourth-order valence-corrected chi connectivity index (χ4v) is 4.57. The Balaban J connectivity index is 2.69. The third-order valence-corrected chi connectivity index (χ3v) is 6.18. The first-order valence-corrected chi connectivity index (χ1v) is 9.83. The summed E-state index contributed by atoms with van der Waals surface area (Å²) in [4.78, 5) is 12.0. The van der Waals surface area contributed by atoms with E-state index >= 15 is 4.39 Å². The molecule has 0 fully saturated rings. The van der Waals surface area contributed by atoms with E-state index < -0.39 is 31.6 Å². The molecule has 5 heteroatoms. The van der Waals surface area contributed by atoms with Crippen molar-refractivity contribution in [3.8, 4) is 0 Å². The molecule has 0 spiro atoms. The molecule has 0 radical (unpaired) electrons. The van der Waals surface area contributed by atoms with Crippen molar-refractivity contribution in [1.29, 1.82) is 0 Å². The molecule has 0 heterocycles. The van der Waals surface area contributed by atoms with E-state index in [0.717, 1.165) is 18.4 Å². The maximum atomic E-state index is 15.1. The van der Waals surface area contributed by atoms with Crippen molar-refractivity contribution in [2.75, 3.05) is 6.61 Å². The van der Waals surface area contributed by atoms with Gasteiger partial charge in [-0.25, -0.2) is 0 Å². The van der Waals surface area contributed by atoms with Gasteiger partial charge in [-0.2, -0.15) is 0 Å². The summed E-state index contributed by atoms with van der Waals surface area (Å²) >= 11 is -0.620. The second-order valence-electron chi connectivity index (χ2n) is 5.11. The van der Waals surface area contributed by atoms with Crippen LogP contribution in [0.3, 0.4) is 0 Å². The van der Waals surface area contributed by atoms with Gasteiger partial charge < -0.3 is 0 Å². The molecule has 1 N–H and O–H groups in total. The number of carbonyl (C=O) groups is 1. The molecule has 0 aliphatic heterocycles. The van der Waals surface area contributed by atoms with Crippen molar-refractivity contribution in [3.63, 3.8) is 0 Å². The minimum atomic E-state index is -2.24. The van der Waals surface area contributed by atoms with Gasteiger partial charge in [-0.05, 0) is 0 Å². The van der Waals surface area contributed by atoms with Crippen LogP contribution in [0.5, 0.6) is 0 Å². The third kappa shape index (κ3) is 5.71. The normalized spacial score (nSPS) is 15.1. The summed E-state index contributed by atoms with van der Waals surface area (Å²) in [6.45, 7) is 3.79. The molecule has 0 amide bonds. The molecule has 0 aliphatic carbocycles. The van der Waals surface area contributed by atoms with Crippen molar-refractivity contribution < 1.29 is 19.0 Å². The quantitative estimate of drug-likeness (QED) is 0.388. The average molecular weight is 375 g/mol. The van der Waals surface area contributed by atoms with E-state index in [1.54, 1.807) is 6.92 Å². The van der Waals surface area contributed by atoms with Gasteiger partial charge in [0.05, 0.1) is 0 Å². The van der Waals surface area contributed by atoms with Gasteiger partial charge in [0, 0.05) is 0 Å². The number of aliphatic hydroxyl groups excluding tert-OH is 1. The molecule has 0 aliphatic rings.